The maximum absolute atomic E-state index is 12.6. The molecule has 0 saturated carbocycles. The van der Waals surface area contributed by atoms with Crippen molar-refractivity contribution in [3.05, 3.63) is 35.4 Å². The van der Waals surface area contributed by atoms with Gasteiger partial charge in [-0.05, 0) is 30.5 Å². The lowest BCUT2D eigenvalue weighted by Gasteiger charge is -2.15. The van der Waals surface area contributed by atoms with Crippen LogP contribution in [0.3, 0.4) is 0 Å². The van der Waals surface area contributed by atoms with Crippen LogP contribution in [0.4, 0.5) is 13.2 Å². The number of thioether (sulfide) groups is 1. The second-order valence-electron chi connectivity index (χ2n) is 4.90. The van der Waals surface area contributed by atoms with Crippen LogP contribution in [0.5, 0.6) is 0 Å². The van der Waals surface area contributed by atoms with Gasteiger partial charge in [-0.2, -0.15) is 24.9 Å². The molecule has 6 heteroatoms. The van der Waals surface area contributed by atoms with Gasteiger partial charge in [-0.15, -0.1) is 0 Å². The van der Waals surface area contributed by atoms with E-state index in [4.69, 9.17) is 10.5 Å². The molecule has 0 bridgehead atoms. The average molecular weight is 305 g/mol. The summed E-state index contributed by atoms with van der Waals surface area (Å²) in [5.74, 6) is 1.45. The summed E-state index contributed by atoms with van der Waals surface area (Å²) in [6.07, 6.45) is -1.90. The van der Waals surface area contributed by atoms with Crippen LogP contribution in [0.25, 0.3) is 0 Å². The SMILES string of the molecule is NC(CSCC1CCCO1)c1cccc(C(F)(F)F)c1. The average Bonchev–Trinajstić information content (AvgIpc) is 2.91. The highest BCUT2D eigenvalue weighted by Gasteiger charge is 2.30. The van der Waals surface area contributed by atoms with E-state index in [2.05, 4.69) is 0 Å². The zero-order valence-corrected chi connectivity index (χ0v) is 11.8. The normalized spacial score (nSPS) is 21.1. The van der Waals surface area contributed by atoms with E-state index in [0.29, 0.717) is 11.3 Å². The fourth-order valence-corrected chi connectivity index (χ4v) is 3.25. The summed E-state index contributed by atoms with van der Waals surface area (Å²) in [6, 6.07) is 4.87. The predicted octanol–water partition coefficient (Wildman–Crippen LogP) is 3.62. The summed E-state index contributed by atoms with van der Waals surface area (Å²) in [4.78, 5) is 0. The summed E-state index contributed by atoms with van der Waals surface area (Å²) < 4.78 is 43.4. The Kier molecular flexibility index (Phi) is 5.35. The van der Waals surface area contributed by atoms with Crippen molar-refractivity contribution in [1.29, 1.82) is 0 Å². The third-order valence-corrected chi connectivity index (χ3v) is 4.47. The van der Waals surface area contributed by atoms with Crippen LogP contribution < -0.4 is 5.73 Å². The van der Waals surface area contributed by atoms with Crippen LogP contribution in [-0.2, 0) is 10.9 Å². The second kappa shape index (κ2) is 6.83. The molecule has 0 aliphatic carbocycles. The van der Waals surface area contributed by atoms with Crippen molar-refractivity contribution in [2.24, 2.45) is 5.73 Å². The van der Waals surface area contributed by atoms with Gasteiger partial charge in [-0.3, -0.25) is 0 Å². The third kappa shape index (κ3) is 4.40. The number of hydrogen-bond donors (Lipinski definition) is 1. The van der Waals surface area contributed by atoms with Crippen molar-refractivity contribution in [2.75, 3.05) is 18.1 Å². The van der Waals surface area contributed by atoms with Crippen molar-refractivity contribution >= 4 is 11.8 Å². The van der Waals surface area contributed by atoms with Crippen molar-refractivity contribution in [3.63, 3.8) is 0 Å². The molecule has 0 amide bonds. The molecule has 2 N–H and O–H groups in total. The van der Waals surface area contributed by atoms with Gasteiger partial charge in [0.15, 0.2) is 0 Å². The van der Waals surface area contributed by atoms with Gasteiger partial charge in [-0.1, -0.05) is 12.1 Å². The van der Waals surface area contributed by atoms with Gasteiger partial charge in [0.2, 0.25) is 0 Å². The number of ether oxygens (including phenoxy) is 1. The largest absolute Gasteiger partial charge is 0.416 e. The highest BCUT2D eigenvalue weighted by atomic mass is 32.2. The summed E-state index contributed by atoms with van der Waals surface area (Å²) in [6.45, 7) is 0.810. The van der Waals surface area contributed by atoms with E-state index in [0.717, 1.165) is 37.3 Å². The Morgan fingerprint density at radius 1 is 1.40 bits per heavy atom. The molecule has 1 aliphatic rings. The minimum atomic E-state index is -4.32. The molecule has 1 aromatic rings. The molecule has 0 aromatic heterocycles. The van der Waals surface area contributed by atoms with Crippen LogP contribution in [-0.4, -0.2) is 24.2 Å². The topological polar surface area (TPSA) is 35.2 Å². The van der Waals surface area contributed by atoms with Gasteiger partial charge < -0.3 is 10.5 Å². The molecular weight excluding hydrogens is 287 g/mol. The monoisotopic (exact) mass is 305 g/mol. The zero-order chi connectivity index (χ0) is 14.6. The molecule has 0 radical (unpaired) electrons. The molecule has 0 spiro atoms. The van der Waals surface area contributed by atoms with Gasteiger partial charge in [0.05, 0.1) is 11.7 Å². The smallest absolute Gasteiger partial charge is 0.377 e. The van der Waals surface area contributed by atoms with Gasteiger partial charge in [0.25, 0.3) is 0 Å². The number of benzene rings is 1. The molecule has 1 heterocycles. The molecule has 2 unspecified atom stereocenters. The lowest BCUT2D eigenvalue weighted by molar-refractivity contribution is -0.137. The molecule has 1 aromatic carbocycles. The quantitative estimate of drug-likeness (QED) is 0.902. The van der Waals surface area contributed by atoms with Gasteiger partial charge >= 0.3 is 6.18 Å². The number of halogens is 3. The first-order valence-corrected chi connectivity index (χ1v) is 7.74. The molecule has 1 aliphatic heterocycles. The van der Waals surface area contributed by atoms with E-state index in [1.807, 2.05) is 0 Å². The first-order valence-electron chi connectivity index (χ1n) is 6.59. The Bertz CT molecular complexity index is 433. The maximum Gasteiger partial charge on any atom is 0.416 e. The van der Waals surface area contributed by atoms with E-state index in [1.165, 1.54) is 6.07 Å². The molecule has 1 saturated heterocycles. The molecule has 2 nitrogen and oxygen atoms in total. The van der Waals surface area contributed by atoms with E-state index in [9.17, 15) is 13.2 Å². The Hall–Kier alpha value is -0.720. The highest BCUT2D eigenvalue weighted by molar-refractivity contribution is 7.99. The minimum Gasteiger partial charge on any atom is -0.377 e. The summed E-state index contributed by atoms with van der Waals surface area (Å²) in [5, 5.41) is 0. The Labute approximate surface area is 120 Å². The van der Waals surface area contributed by atoms with Crippen LogP contribution in [0.1, 0.15) is 30.0 Å². The molecule has 1 fully saturated rings. The fraction of sp³-hybridized carbons (Fsp3) is 0.571. The van der Waals surface area contributed by atoms with Gasteiger partial charge in [-0.25, -0.2) is 0 Å². The van der Waals surface area contributed by atoms with Crippen molar-refractivity contribution in [1.82, 2.24) is 0 Å². The van der Waals surface area contributed by atoms with Crippen LogP contribution >= 0.6 is 11.8 Å². The molecular formula is C14H18F3NOS. The summed E-state index contributed by atoms with van der Waals surface area (Å²) >= 11 is 1.64. The van der Waals surface area contributed by atoms with E-state index >= 15 is 0 Å². The Balaban J connectivity index is 1.86. The number of alkyl halides is 3. The molecule has 2 rings (SSSR count). The van der Waals surface area contributed by atoms with Crippen molar-refractivity contribution < 1.29 is 17.9 Å². The Morgan fingerprint density at radius 3 is 2.85 bits per heavy atom. The standard InChI is InChI=1S/C14H18F3NOS/c15-14(16,17)11-4-1-3-10(7-11)13(18)9-20-8-12-5-2-6-19-12/h1,3-4,7,12-13H,2,5-6,8-9,18H2. The lowest BCUT2D eigenvalue weighted by atomic mass is 10.1. The van der Waals surface area contributed by atoms with E-state index < -0.39 is 11.7 Å². The van der Waals surface area contributed by atoms with Crippen LogP contribution in [0.15, 0.2) is 24.3 Å². The number of rotatable bonds is 5. The molecule has 2 atom stereocenters. The Morgan fingerprint density at radius 2 is 2.20 bits per heavy atom. The lowest BCUT2D eigenvalue weighted by Crippen LogP contribution is -2.17. The molecule has 112 valence electrons. The van der Waals surface area contributed by atoms with Gasteiger partial charge in [0.1, 0.15) is 0 Å². The fourth-order valence-electron chi connectivity index (χ4n) is 2.14. The predicted molar refractivity (Wildman–Crippen MR) is 74.7 cm³/mol. The zero-order valence-electron chi connectivity index (χ0n) is 11.0. The summed E-state index contributed by atoms with van der Waals surface area (Å²) in [5.41, 5.74) is 5.85. The first kappa shape index (κ1) is 15.7. The minimum absolute atomic E-state index is 0.272. The van der Waals surface area contributed by atoms with Crippen LogP contribution in [0.2, 0.25) is 0 Å². The van der Waals surface area contributed by atoms with Crippen molar-refractivity contribution in [2.45, 2.75) is 31.2 Å². The number of nitrogens with two attached hydrogens (primary N) is 1. The van der Waals surface area contributed by atoms with E-state index in [1.54, 1.807) is 17.8 Å². The maximum atomic E-state index is 12.6. The van der Waals surface area contributed by atoms with Crippen molar-refractivity contribution in [3.8, 4) is 0 Å². The number of hydrogen-bond acceptors (Lipinski definition) is 3. The first-order chi connectivity index (χ1) is 9.47. The third-order valence-electron chi connectivity index (χ3n) is 3.27. The van der Waals surface area contributed by atoms with Gasteiger partial charge in [0, 0.05) is 24.2 Å². The van der Waals surface area contributed by atoms with Crippen LogP contribution in [0, 0.1) is 0 Å². The molecule has 20 heavy (non-hydrogen) atoms. The summed E-state index contributed by atoms with van der Waals surface area (Å²) in [7, 11) is 0. The highest BCUT2D eigenvalue weighted by Crippen LogP contribution is 2.31. The second-order valence-corrected chi connectivity index (χ2v) is 5.98. The van der Waals surface area contributed by atoms with E-state index in [-0.39, 0.29) is 12.1 Å².